The number of carbonyl (C=O) groups is 2. The maximum absolute atomic E-state index is 12.3. The van der Waals surface area contributed by atoms with Crippen LogP contribution in [-0.2, 0) is 19.1 Å². The highest BCUT2D eigenvalue weighted by atomic mass is 16.6. The third-order valence-electron chi connectivity index (χ3n) is 14.0. The van der Waals surface area contributed by atoms with Crippen LogP contribution in [0.2, 0.25) is 0 Å². The molecule has 0 saturated carbocycles. The number of hydrogen-bond acceptors (Lipinski definition) is 5. The topological polar surface area (TPSA) is 72.8 Å². The Bertz CT molecular complexity index is 1810. The first-order valence-corrected chi connectivity index (χ1v) is 33.7. The average molecular weight is 1130 g/mol. The second kappa shape index (κ2) is 70.5. The first-order valence-electron chi connectivity index (χ1n) is 33.7. The summed E-state index contributed by atoms with van der Waals surface area (Å²) < 4.78 is 10.7. The first kappa shape index (κ1) is 77.3. The number of aliphatic hydroxyl groups excluding tert-OH is 1. The molecule has 0 fully saturated rings. The molecule has 1 N–H and O–H groups in total. The van der Waals surface area contributed by atoms with Crippen LogP contribution in [0.25, 0.3) is 0 Å². The molecule has 0 amide bonds. The summed E-state index contributed by atoms with van der Waals surface area (Å²) in [5.41, 5.74) is 0. The molecule has 0 radical (unpaired) electrons. The maximum atomic E-state index is 12.3. The molecule has 0 rings (SSSR count). The van der Waals surface area contributed by atoms with Gasteiger partial charge >= 0.3 is 11.9 Å². The van der Waals surface area contributed by atoms with Crippen molar-refractivity contribution in [2.75, 3.05) is 13.2 Å². The Morgan fingerprint density at radius 3 is 0.756 bits per heavy atom. The van der Waals surface area contributed by atoms with Gasteiger partial charge in [-0.3, -0.25) is 9.59 Å². The Kier molecular flexibility index (Phi) is 66.4. The van der Waals surface area contributed by atoms with Crippen molar-refractivity contribution in [3.8, 4) is 0 Å². The summed E-state index contributed by atoms with van der Waals surface area (Å²) in [6.45, 7) is 3.88. The summed E-state index contributed by atoms with van der Waals surface area (Å²) in [5, 5.41) is 9.68. The van der Waals surface area contributed by atoms with Crippen molar-refractivity contribution >= 4 is 11.9 Å². The van der Waals surface area contributed by atoms with E-state index in [1.165, 1.54) is 128 Å². The molecule has 462 valence electrons. The maximum Gasteiger partial charge on any atom is 0.306 e. The third kappa shape index (κ3) is 67.8. The van der Waals surface area contributed by atoms with E-state index in [2.05, 4.69) is 184 Å². The Balaban J connectivity index is 3.53. The highest BCUT2D eigenvalue weighted by Crippen LogP contribution is 2.17. The molecular weight excluding hydrogens is 1000 g/mol. The zero-order valence-electron chi connectivity index (χ0n) is 52.9. The van der Waals surface area contributed by atoms with Crippen LogP contribution in [0.4, 0.5) is 0 Å². The molecule has 0 aliphatic rings. The van der Waals surface area contributed by atoms with Crippen LogP contribution in [-0.4, -0.2) is 36.4 Å². The fourth-order valence-corrected chi connectivity index (χ4v) is 9.05. The first-order chi connectivity index (χ1) is 40.6. The number of rotatable bonds is 60. The summed E-state index contributed by atoms with van der Waals surface area (Å²) in [7, 11) is 0. The highest BCUT2D eigenvalue weighted by molar-refractivity contribution is 5.70. The van der Waals surface area contributed by atoms with Crippen molar-refractivity contribution in [1.82, 2.24) is 0 Å². The van der Waals surface area contributed by atoms with Gasteiger partial charge in [-0.1, -0.05) is 312 Å². The lowest BCUT2D eigenvalue weighted by atomic mass is 10.0. The minimum Gasteiger partial charge on any atom is -0.462 e. The van der Waals surface area contributed by atoms with E-state index in [0.717, 1.165) is 128 Å². The molecule has 82 heavy (non-hydrogen) atoms. The van der Waals surface area contributed by atoms with E-state index in [1.807, 2.05) is 0 Å². The van der Waals surface area contributed by atoms with E-state index >= 15 is 0 Å². The second-order valence-corrected chi connectivity index (χ2v) is 21.8. The summed E-state index contributed by atoms with van der Waals surface area (Å²) in [6, 6.07) is 0. The average Bonchev–Trinajstić information content (AvgIpc) is 3.49. The predicted octanol–water partition coefficient (Wildman–Crippen LogP) is 23.6. The van der Waals surface area contributed by atoms with Crippen molar-refractivity contribution in [2.24, 2.45) is 0 Å². The van der Waals surface area contributed by atoms with Gasteiger partial charge in [0.05, 0.1) is 6.61 Å². The van der Waals surface area contributed by atoms with Crippen LogP contribution in [0.15, 0.2) is 170 Å². The molecule has 5 nitrogen and oxygen atoms in total. The fraction of sp³-hybridized carbons (Fsp3) is 0.610. The molecule has 1 unspecified atom stereocenters. The van der Waals surface area contributed by atoms with Crippen LogP contribution in [0, 0.1) is 0 Å². The van der Waals surface area contributed by atoms with Crippen LogP contribution in [0.1, 0.15) is 284 Å². The van der Waals surface area contributed by atoms with Gasteiger partial charge in [0.1, 0.15) is 6.61 Å². The molecule has 0 aliphatic heterocycles. The van der Waals surface area contributed by atoms with E-state index in [9.17, 15) is 14.7 Å². The molecule has 0 aromatic heterocycles. The summed E-state index contributed by atoms with van der Waals surface area (Å²) in [5.74, 6) is -0.644. The Labute approximate surface area is 506 Å². The number of carbonyl (C=O) groups excluding carboxylic acids is 2. The lowest BCUT2D eigenvalue weighted by Gasteiger charge is -2.15. The molecule has 5 heteroatoms. The summed E-state index contributed by atoms with van der Waals surface area (Å²) in [4.78, 5) is 24.6. The van der Waals surface area contributed by atoms with Gasteiger partial charge in [-0.25, -0.2) is 0 Å². The highest BCUT2D eigenvalue weighted by Gasteiger charge is 2.16. The van der Waals surface area contributed by atoms with Gasteiger partial charge in [0, 0.05) is 12.8 Å². The van der Waals surface area contributed by atoms with E-state index < -0.39 is 6.10 Å². The lowest BCUT2D eigenvalue weighted by Crippen LogP contribution is -2.28. The smallest absolute Gasteiger partial charge is 0.306 e. The van der Waals surface area contributed by atoms with Gasteiger partial charge in [-0.05, 0) is 128 Å². The van der Waals surface area contributed by atoms with Crippen molar-refractivity contribution in [1.29, 1.82) is 0 Å². The number of allylic oxidation sites excluding steroid dienone is 28. The molecule has 0 bridgehead atoms. The normalized spacial score (nSPS) is 13.4. The van der Waals surface area contributed by atoms with E-state index in [-0.39, 0.29) is 25.2 Å². The molecular formula is C77H124O5. The van der Waals surface area contributed by atoms with E-state index in [1.54, 1.807) is 0 Å². The quantitative estimate of drug-likeness (QED) is 0.0373. The van der Waals surface area contributed by atoms with Crippen molar-refractivity contribution in [3.05, 3.63) is 170 Å². The monoisotopic (exact) mass is 1130 g/mol. The van der Waals surface area contributed by atoms with Gasteiger partial charge in [0.2, 0.25) is 0 Å². The molecule has 0 aliphatic carbocycles. The van der Waals surface area contributed by atoms with Gasteiger partial charge in [0.15, 0.2) is 6.10 Å². The van der Waals surface area contributed by atoms with Crippen molar-refractivity contribution in [2.45, 2.75) is 290 Å². The Morgan fingerprint density at radius 2 is 0.488 bits per heavy atom. The Hall–Kier alpha value is -4.74. The molecule has 0 aromatic rings. The lowest BCUT2D eigenvalue weighted by molar-refractivity contribution is -0.161. The molecule has 0 saturated heterocycles. The predicted molar refractivity (Wildman–Crippen MR) is 361 cm³/mol. The SMILES string of the molecule is CC/C=C\C/C=C\C/C=C\C/C=C\C/C=C\C/C=C\C/C=C\C/C=C\CCCCC(=O)OC(CO)COC(=O)CCCCCCCCCCCCCCCCCCCCCCCC/C=C\C/C=C\C/C=C\C/C=C\C/C=C\C/C=C\CC. The number of aliphatic hydroxyl groups is 1. The molecule has 0 aromatic carbocycles. The number of hydrogen-bond donors (Lipinski definition) is 1. The number of ether oxygens (including phenoxy) is 2. The van der Waals surface area contributed by atoms with Crippen molar-refractivity contribution in [3.63, 3.8) is 0 Å². The largest absolute Gasteiger partial charge is 0.462 e. The molecule has 0 heterocycles. The van der Waals surface area contributed by atoms with Crippen molar-refractivity contribution < 1.29 is 24.2 Å². The third-order valence-corrected chi connectivity index (χ3v) is 14.0. The standard InChI is InChI=1S/C77H124O5/c1-3-5-7-9-11-13-15-17-19-21-23-25-27-29-31-32-33-34-35-36-37-38-39-40-41-42-43-44-46-47-49-51-53-55-57-59-61-63-65-67-69-71-76(79)81-74-75(73-78)82-77(80)72-70-68-66-64-62-60-58-56-54-52-50-48-45-30-28-26-24-22-20-18-16-14-12-10-8-6-4-2/h5-8,11-14,17-20,23-26,29-31,33-34,45,50,52,56,58,62,64,75,78H,3-4,9-10,15-16,21-22,27-28,32,35-44,46-49,51,53-55,57,59-61,63,65-74H2,1-2H3/b7-5-,8-6-,13-11-,14-12-,19-17-,20-18-,25-23-,26-24-,31-29-,34-33-,45-30-,52-50-,58-56-,64-62-. The second-order valence-electron chi connectivity index (χ2n) is 21.8. The number of esters is 2. The zero-order valence-corrected chi connectivity index (χ0v) is 52.9. The van der Waals surface area contributed by atoms with Gasteiger partial charge in [-0.15, -0.1) is 0 Å². The zero-order chi connectivity index (χ0) is 59.1. The van der Waals surface area contributed by atoms with Gasteiger partial charge < -0.3 is 14.6 Å². The van der Waals surface area contributed by atoms with Crippen LogP contribution in [0.5, 0.6) is 0 Å². The van der Waals surface area contributed by atoms with E-state index in [0.29, 0.717) is 12.8 Å². The molecule has 0 spiro atoms. The van der Waals surface area contributed by atoms with Crippen LogP contribution < -0.4 is 0 Å². The minimum absolute atomic E-state index is 0.0911. The van der Waals surface area contributed by atoms with Crippen LogP contribution >= 0.6 is 0 Å². The van der Waals surface area contributed by atoms with Gasteiger partial charge in [-0.2, -0.15) is 0 Å². The van der Waals surface area contributed by atoms with E-state index in [4.69, 9.17) is 9.47 Å². The van der Waals surface area contributed by atoms with Gasteiger partial charge in [0.25, 0.3) is 0 Å². The Morgan fingerprint density at radius 1 is 0.280 bits per heavy atom. The fourth-order valence-electron chi connectivity index (χ4n) is 9.05. The summed E-state index contributed by atoms with van der Waals surface area (Å²) >= 11 is 0. The minimum atomic E-state index is -0.807. The number of unbranched alkanes of at least 4 members (excludes halogenated alkanes) is 24. The van der Waals surface area contributed by atoms with Crippen LogP contribution in [0.3, 0.4) is 0 Å². The molecule has 1 atom stereocenters. The summed E-state index contributed by atoms with van der Waals surface area (Å²) in [6.07, 6.45) is 109.